The molecule has 0 saturated carbocycles. The third-order valence-electron chi connectivity index (χ3n) is 5.79. The molecule has 1 aromatic heterocycles. The summed E-state index contributed by atoms with van der Waals surface area (Å²) in [6.45, 7) is 10.3. The van der Waals surface area contributed by atoms with E-state index in [0.717, 1.165) is 37.4 Å². The van der Waals surface area contributed by atoms with Gasteiger partial charge in [0.1, 0.15) is 0 Å². The molecule has 2 atom stereocenters. The molecule has 6 nitrogen and oxygen atoms in total. The molecule has 1 aromatic carbocycles. The predicted molar refractivity (Wildman–Crippen MR) is 118 cm³/mol. The molecule has 2 aromatic rings. The molecule has 1 fully saturated rings. The number of likely N-dealkylation sites (N-methyl/N-ethyl adjacent to an activating group) is 1. The fourth-order valence-corrected chi connectivity index (χ4v) is 3.76. The smallest absolute Gasteiger partial charge is 0.241 e. The Hall–Kier alpha value is -2.47. The second kappa shape index (κ2) is 8.91. The van der Waals surface area contributed by atoms with E-state index in [4.69, 9.17) is 0 Å². The summed E-state index contributed by atoms with van der Waals surface area (Å²) < 4.78 is 0. The highest BCUT2D eigenvalue weighted by molar-refractivity contribution is 5.94. The van der Waals surface area contributed by atoms with Gasteiger partial charge in [0.25, 0.3) is 0 Å². The van der Waals surface area contributed by atoms with Crippen LogP contribution in [0.5, 0.6) is 0 Å². The number of nitrogens with one attached hydrogen (secondary N) is 1. The van der Waals surface area contributed by atoms with Gasteiger partial charge in [-0.2, -0.15) is 5.10 Å². The SMILES string of the molecule is CC(C(=O)Nc1ccc(C(C)(C)C)cc1)N(C)CC1CCCN1c1cccnn1. The number of hydrogen-bond acceptors (Lipinski definition) is 5. The number of anilines is 2. The van der Waals surface area contributed by atoms with Crippen molar-refractivity contribution in [3.63, 3.8) is 0 Å². The molecule has 2 unspecified atom stereocenters. The Bertz CT molecular complexity index is 800. The average molecular weight is 396 g/mol. The van der Waals surface area contributed by atoms with Crippen molar-refractivity contribution in [1.82, 2.24) is 15.1 Å². The monoisotopic (exact) mass is 395 g/mol. The molecule has 1 aliphatic heterocycles. The highest BCUT2D eigenvalue weighted by atomic mass is 16.2. The van der Waals surface area contributed by atoms with E-state index in [0.29, 0.717) is 6.04 Å². The van der Waals surface area contributed by atoms with E-state index in [-0.39, 0.29) is 17.4 Å². The predicted octanol–water partition coefficient (Wildman–Crippen LogP) is 3.70. The van der Waals surface area contributed by atoms with Gasteiger partial charge < -0.3 is 10.2 Å². The van der Waals surface area contributed by atoms with Crippen LogP contribution >= 0.6 is 0 Å². The lowest BCUT2D eigenvalue weighted by molar-refractivity contribution is -0.120. The lowest BCUT2D eigenvalue weighted by Crippen LogP contribution is -2.46. The highest BCUT2D eigenvalue weighted by Gasteiger charge is 2.29. The Balaban J connectivity index is 1.58. The average Bonchev–Trinajstić information content (AvgIpc) is 3.15. The van der Waals surface area contributed by atoms with Crippen LogP contribution in [-0.4, -0.2) is 53.2 Å². The quantitative estimate of drug-likeness (QED) is 0.808. The Morgan fingerprint density at radius 3 is 2.62 bits per heavy atom. The summed E-state index contributed by atoms with van der Waals surface area (Å²) in [7, 11) is 2.01. The molecule has 156 valence electrons. The van der Waals surface area contributed by atoms with Gasteiger partial charge in [0, 0.05) is 31.0 Å². The topological polar surface area (TPSA) is 61.4 Å². The maximum Gasteiger partial charge on any atom is 0.241 e. The molecule has 3 rings (SSSR count). The molecule has 2 heterocycles. The summed E-state index contributed by atoms with van der Waals surface area (Å²) in [6, 6.07) is 12.2. The number of benzene rings is 1. The molecule has 1 aliphatic rings. The van der Waals surface area contributed by atoms with Crippen LogP contribution in [0.2, 0.25) is 0 Å². The zero-order chi connectivity index (χ0) is 21.0. The number of carbonyl (C=O) groups is 1. The van der Waals surface area contributed by atoms with Crippen LogP contribution in [0.3, 0.4) is 0 Å². The summed E-state index contributed by atoms with van der Waals surface area (Å²) in [5.41, 5.74) is 2.20. The van der Waals surface area contributed by atoms with Crippen LogP contribution < -0.4 is 10.2 Å². The molecule has 1 N–H and O–H groups in total. The molecule has 0 bridgehead atoms. The van der Waals surface area contributed by atoms with Gasteiger partial charge in [0.15, 0.2) is 5.82 Å². The van der Waals surface area contributed by atoms with E-state index in [1.54, 1.807) is 6.20 Å². The molecular weight excluding hydrogens is 362 g/mol. The Kier molecular flexibility index (Phi) is 6.52. The molecule has 6 heteroatoms. The van der Waals surface area contributed by atoms with E-state index >= 15 is 0 Å². The van der Waals surface area contributed by atoms with Crippen LogP contribution in [0.15, 0.2) is 42.6 Å². The third-order valence-corrected chi connectivity index (χ3v) is 5.79. The van der Waals surface area contributed by atoms with Gasteiger partial charge in [0.2, 0.25) is 5.91 Å². The van der Waals surface area contributed by atoms with Crippen molar-refractivity contribution in [3.05, 3.63) is 48.2 Å². The first-order valence-corrected chi connectivity index (χ1v) is 10.4. The van der Waals surface area contributed by atoms with Gasteiger partial charge >= 0.3 is 0 Å². The highest BCUT2D eigenvalue weighted by Crippen LogP contribution is 2.25. The second-order valence-electron chi connectivity index (χ2n) is 9.00. The molecular formula is C23H33N5O. The maximum atomic E-state index is 12.8. The first-order chi connectivity index (χ1) is 13.8. The summed E-state index contributed by atoms with van der Waals surface area (Å²) in [4.78, 5) is 17.2. The van der Waals surface area contributed by atoms with Crippen molar-refractivity contribution in [2.45, 2.75) is 58.0 Å². The minimum atomic E-state index is -0.221. The number of hydrogen-bond donors (Lipinski definition) is 1. The van der Waals surface area contributed by atoms with Gasteiger partial charge in [-0.05, 0) is 62.1 Å². The van der Waals surface area contributed by atoms with Crippen molar-refractivity contribution in [2.75, 3.05) is 30.4 Å². The van der Waals surface area contributed by atoms with E-state index in [2.05, 4.69) is 58.2 Å². The van der Waals surface area contributed by atoms with Crippen molar-refractivity contribution in [2.24, 2.45) is 0 Å². The first-order valence-electron chi connectivity index (χ1n) is 10.4. The zero-order valence-corrected chi connectivity index (χ0v) is 18.2. The van der Waals surface area contributed by atoms with Crippen LogP contribution in [0.1, 0.15) is 46.1 Å². The van der Waals surface area contributed by atoms with Gasteiger partial charge in [-0.25, -0.2) is 0 Å². The number of carbonyl (C=O) groups excluding carboxylic acids is 1. The molecule has 0 radical (unpaired) electrons. The summed E-state index contributed by atoms with van der Waals surface area (Å²) >= 11 is 0. The number of nitrogens with zero attached hydrogens (tertiary/aromatic N) is 4. The largest absolute Gasteiger partial charge is 0.351 e. The van der Waals surface area contributed by atoms with Crippen LogP contribution in [0, 0.1) is 0 Å². The maximum absolute atomic E-state index is 12.8. The van der Waals surface area contributed by atoms with E-state index < -0.39 is 0 Å². The minimum Gasteiger partial charge on any atom is -0.351 e. The summed E-state index contributed by atoms with van der Waals surface area (Å²) in [6.07, 6.45) is 3.93. The number of aromatic nitrogens is 2. The minimum absolute atomic E-state index is 0.0139. The van der Waals surface area contributed by atoms with Gasteiger partial charge in [-0.3, -0.25) is 9.69 Å². The van der Waals surface area contributed by atoms with Crippen molar-refractivity contribution in [1.29, 1.82) is 0 Å². The van der Waals surface area contributed by atoms with Crippen molar-refractivity contribution >= 4 is 17.4 Å². The van der Waals surface area contributed by atoms with Gasteiger partial charge in [-0.15, -0.1) is 5.10 Å². The van der Waals surface area contributed by atoms with Crippen LogP contribution in [0.4, 0.5) is 11.5 Å². The first kappa shape index (κ1) is 21.2. The fraction of sp³-hybridized carbons (Fsp3) is 0.522. The van der Waals surface area contributed by atoms with Gasteiger partial charge in [0.05, 0.1) is 6.04 Å². The zero-order valence-electron chi connectivity index (χ0n) is 18.2. The Morgan fingerprint density at radius 1 is 1.28 bits per heavy atom. The molecule has 0 aliphatic carbocycles. The van der Waals surface area contributed by atoms with E-state index in [1.165, 1.54) is 5.56 Å². The van der Waals surface area contributed by atoms with Crippen LogP contribution in [0.25, 0.3) is 0 Å². The summed E-state index contributed by atoms with van der Waals surface area (Å²) in [5.74, 6) is 0.930. The van der Waals surface area contributed by atoms with E-state index in [1.807, 2.05) is 38.2 Å². The van der Waals surface area contributed by atoms with Crippen molar-refractivity contribution < 1.29 is 4.79 Å². The molecule has 1 amide bonds. The molecule has 29 heavy (non-hydrogen) atoms. The third kappa shape index (κ3) is 5.32. The van der Waals surface area contributed by atoms with Gasteiger partial charge in [-0.1, -0.05) is 32.9 Å². The molecule has 0 spiro atoms. The molecule has 1 saturated heterocycles. The van der Waals surface area contributed by atoms with E-state index in [9.17, 15) is 4.79 Å². The summed E-state index contributed by atoms with van der Waals surface area (Å²) in [5, 5.41) is 11.3. The second-order valence-corrected chi connectivity index (χ2v) is 9.00. The van der Waals surface area contributed by atoms with Crippen LogP contribution in [-0.2, 0) is 10.2 Å². The lowest BCUT2D eigenvalue weighted by Gasteiger charge is -2.31. The van der Waals surface area contributed by atoms with Crippen molar-refractivity contribution in [3.8, 4) is 0 Å². The lowest BCUT2D eigenvalue weighted by atomic mass is 9.87. The fourth-order valence-electron chi connectivity index (χ4n) is 3.76. The normalized spacial score (nSPS) is 18.1. The standard InChI is InChI=1S/C23H33N5O/c1-17(22(29)25-19-12-10-18(11-13-19)23(2,3)4)27(5)16-20-8-7-15-28(20)21-9-6-14-24-26-21/h6,9-14,17,20H,7-8,15-16H2,1-5H3,(H,25,29). The number of rotatable bonds is 6. The Morgan fingerprint density at radius 2 is 2.00 bits per heavy atom. The number of amides is 1. The Labute approximate surface area is 174 Å².